The van der Waals surface area contributed by atoms with Crippen LogP contribution in [0.5, 0.6) is 0 Å². The first-order valence-electron chi connectivity index (χ1n) is 5.37. The van der Waals surface area contributed by atoms with Gasteiger partial charge in [0.25, 0.3) is 0 Å². The molecule has 0 radical (unpaired) electrons. The lowest BCUT2D eigenvalue weighted by atomic mass is 10.1. The van der Waals surface area contributed by atoms with Crippen LogP contribution in [0.1, 0.15) is 30.5 Å². The largest absolute Gasteiger partial charge is 0.300 e. The Morgan fingerprint density at radius 3 is 2.73 bits per heavy atom. The van der Waals surface area contributed by atoms with Crippen LogP contribution < -0.4 is 5.90 Å². The Hall–Kier alpha value is -0.900. The molecule has 0 saturated carbocycles. The van der Waals surface area contributed by atoms with Gasteiger partial charge in [-0.05, 0) is 30.5 Å². The third kappa shape index (κ3) is 2.20. The van der Waals surface area contributed by atoms with Crippen LogP contribution in [0.2, 0.25) is 0 Å². The molecule has 15 heavy (non-hydrogen) atoms. The molecule has 0 aromatic heterocycles. The van der Waals surface area contributed by atoms with Crippen molar-refractivity contribution in [1.29, 1.82) is 0 Å². The van der Waals surface area contributed by atoms with Gasteiger partial charge < -0.3 is 0 Å². The van der Waals surface area contributed by atoms with E-state index in [9.17, 15) is 0 Å². The van der Waals surface area contributed by atoms with Crippen molar-refractivity contribution in [2.75, 3.05) is 0 Å². The lowest BCUT2D eigenvalue weighted by molar-refractivity contribution is 0.124. The van der Waals surface area contributed by atoms with Gasteiger partial charge in [-0.15, -0.1) is 0 Å². The van der Waals surface area contributed by atoms with Gasteiger partial charge in [-0.1, -0.05) is 18.2 Å². The maximum Gasteiger partial charge on any atom is 0.0930 e. The van der Waals surface area contributed by atoms with Crippen LogP contribution in [-0.2, 0) is 24.5 Å². The standard InChI is InChI=1S/C12H18N2O/c1-9(2)14-6-11-4-3-10(8-15-13)5-12(11)7-14/h3-5,9H,6-8,13H2,1-2H3. The third-order valence-electron chi connectivity index (χ3n) is 3.00. The third-order valence-corrected chi connectivity index (χ3v) is 3.00. The van der Waals surface area contributed by atoms with Crippen molar-refractivity contribution in [3.63, 3.8) is 0 Å². The molecule has 2 N–H and O–H groups in total. The van der Waals surface area contributed by atoms with Gasteiger partial charge in [0.2, 0.25) is 0 Å². The first-order valence-corrected chi connectivity index (χ1v) is 5.37. The number of nitrogens with zero attached hydrogens (tertiary/aromatic N) is 1. The Bertz CT molecular complexity index is 349. The zero-order chi connectivity index (χ0) is 10.8. The molecule has 0 bridgehead atoms. The van der Waals surface area contributed by atoms with Crippen molar-refractivity contribution < 1.29 is 4.84 Å². The highest BCUT2D eigenvalue weighted by molar-refractivity contribution is 5.34. The first kappa shape index (κ1) is 10.6. The minimum atomic E-state index is 0.495. The number of rotatable bonds is 3. The highest BCUT2D eigenvalue weighted by atomic mass is 16.6. The fourth-order valence-electron chi connectivity index (χ4n) is 2.03. The molecule has 0 amide bonds. The summed E-state index contributed by atoms with van der Waals surface area (Å²) in [7, 11) is 0. The second kappa shape index (κ2) is 4.31. The van der Waals surface area contributed by atoms with Gasteiger partial charge in [0.1, 0.15) is 0 Å². The smallest absolute Gasteiger partial charge is 0.0930 e. The summed E-state index contributed by atoms with van der Waals surface area (Å²) in [5.41, 5.74) is 4.00. The lowest BCUT2D eigenvalue weighted by Gasteiger charge is -2.18. The summed E-state index contributed by atoms with van der Waals surface area (Å²) in [4.78, 5) is 7.10. The van der Waals surface area contributed by atoms with Gasteiger partial charge in [-0.25, -0.2) is 5.90 Å². The molecule has 0 saturated heterocycles. The maximum atomic E-state index is 5.07. The summed E-state index contributed by atoms with van der Waals surface area (Å²) >= 11 is 0. The summed E-state index contributed by atoms with van der Waals surface area (Å²) in [6.45, 7) is 7.07. The minimum Gasteiger partial charge on any atom is -0.300 e. The van der Waals surface area contributed by atoms with E-state index >= 15 is 0 Å². The molecule has 3 nitrogen and oxygen atoms in total. The molecular formula is C12H18N2O. The molecule has 0 spiro atoms. The molecule has 1 aliphatic heterocycles. The predicted octanol–water partition coefficient (Wildman–Crippen LogP) is 1.80. The number of benzene rings is 1. The molecule has 3 heteroatoms. The topological polar surface area (TPSA) is 38.5 Å². The quantitative estimate of drug-likeness (QED) is 0.766. The molecule has 0 unspecified atom stereocenters. The Morgan fingerprint density at radius 2 is 2.07 bits per heavy atom. The van der Waals surface area contributed by atoms with Crippen LogP contribution in [0.4, 0.5) is 0 Å². The van der Waals surface area contributed by atoms with Crippen LogP contribution >= 0.6 is 0 Å². The average molecular weight is 206 g/mol. The van der Waals surface area contributed by atoms with Crippen molar-refractivity contribution in [1.82, 2.24) is 4.90 Å². The van der Waals surface area contributed by atoms with Crippen LogP contribution in [0.25, 0.3) is 0 Å². The monoisotopic (exact) mass is 206 g/mol. The van der Waals surface area contributed by atoms with Gasteiger partial charge >= 0.3 is 0 Å². The van der Waals surface area contributed by atoms with Gasteiger partial charge in [-0.3, -0.25) is 9.74 Å². The molecule has 1 aromatic carbocycles. The first-order chi connectivity index (χ1) is 7.20. The molecule has 0 fully saturated rings. The summed E-state index contributed by atoms with van der Waals surface area (Å²) in [5.74, 6) is 5.07. The van der Waals surface area contributed by atoms with Crippen molar-refractivity contribution in [3.05, 3.63) is 34.9 Å². The van der Waals surface area contributed by atoms with E-state index < -0.39 is 0 Å². The molecule has 82 valence electrons. The summed E-state index contributed by atoms with van der Waals surface area (Å²) < 4.78 is 0. The lowest BCUT2D eigenvalue weighted by Crippen LogP contribution is -2.24. The van der Waals surface area contributed by atoms with Crippen molar-refractivity contribution in [2.45, 2.75) is 39.6 Å². The van der Waals surface area contributed by atoms with E-state index in [1.165, 1.54) is 11.1 Å². The van der Waals surface area contributed by atoms with Crippen molar-refractivity contribution >= 4 is 0 Å². The number of nitrogens with two attached hydrogens (primary N) is 1. The Balaban J connectivity index is 2.16. The molecular weight excluding hydrogens is 188 g/mol. The highest BCUT2D eigenvalue weighted by Crippen LogP contribution is 2.25. The van der Waals surface area contributed by atoms with Gasteiger partial charge in [0.05, 0.1) is 6.61 Å². The molecule has 2 rings (SSSR count). The van der Waals surface area contributed by atoms with E-state index in [0.29, 0.717) is 12.6 Å². The normalized spacial score (nSPS) is 16.0. The average Bonchev–Trinajstić information content (AvgIpc) is 2.61. The van der Waals surface area contributed by atoms with E-state index in [1.807, 2.05) is 0 Å². The molecule has 1 heterocycles. The zero-order valence-electron chi connectivity index (χ0n) is 9.36. The van der Waals surface area contributed by atoms with Crippen LogP contribution in [0.3, 0.4) is 0 Å². The minimum absolute atomic E-state index is 0.495. The second-order valence-corrected chi connectivity index (χ2v) is 4.41. The van der Waals surface area contributed by atoms with Crippen LogP contribution in [-0.4, -0.2) is 10.9 Å². The molecule has 1 aliphatic rings. The maximum absolute atomic E-state index is 5.07. The van der Waals surface area contributed by atoms with Crippen LogP contribution in [0.15, 0.2) is 18.2 Å². The summed E-state index contributed by atoms with van der Waals surface area (Å²) in [6, 6.07) is 7.08. The van der Waals surface area contributed by atoms with Gasteiger partial charge in [-0.2, -0.15) is 0 Å². The fourth-order valence-corrected chi connectivity index (χ4v) is 2.03. The Kier molecular flexibility index (Phi) is 3.05. The molecule has 1 aromatic rings. The molecule has 0 atom stereocenters. The van der Waals surface area contributed by atoms with E-state index in [2.05, 4.69) is 41.8 Å². The molecule has 0 aliphatic carbocycles. The van der Waals surface area contributed by atoms with E-state index in [1.54, 1.807) is 0 Å². The number of fused-ring (bicyclic) bond motifs is 1. The van der Waals surface area contributed by atoms with Crippen LogP contribution in [0, 0.1) is 0 Å². The van der Waals surface area contributed by atoms with E-state index in [-0.39, 0.29) is 0 Å². The number of hydrogen-bond donors (Lipinski definition) is 1. The van der Waals surface area contributed by atoms with E-state index in [0.717, 1.165) is 18.7 Å². The summed E-state index contributed by atoms with van der Waals surface area (Å²) in [6.07, 6.45) is 0. The number of hydrogen-bond acceptors (Lipinski definition) is 3. The Labute approximate surface area is 90.8 Å². The van der Waals surface area contributed by atoms with Gasteiger partial charge in [0, 0.05) is 19.1 Å². The van der Waals surface area contributed by atoms with E-state index in [4.69, 9.17) is 5.90 Å². The fraction of sp³-hybridized carbons (Fsp3) is 0.500. The summed E-state index contributed by atoms with van der Waals surface area (Å²) in [5, 5.41) is 0. The highest BCUT2D eigenvalue weighted by Gasteiger charge is 2.20. The zero-order valence-corrected chi connectivity index (χ0v) is 9.36. The van der Waals surface area contributed by atoms with Gasteiger partial charge in [0.15, 0.2) is 0 Å². The Morgan fingerprint density at radius 1 is 1.33 bits per heavy atom. The second-order valence-electron chi connectivity index (χ2n) is 4.41. The van der Waals surface area contributed by atoms with Crippen molar-refractivity contribution in [3.8, 4) is 0 Å². The van der Waals surface area contributed by atoms with Crippen molar-refractivity contribution in [2.24, 2.45) is 5.90 Å². The SMILES string of the molecule is CC(C)N1Cc2ccc(CON)cc2C1. The predicted molar refractivity (Wildman–Crippen MR) is 59.8 cm³/mol.